The van der Waals surface area contributed by atoms with Gasteiger partial charge in [0.2, 0.25) is 10.6 Å². The smallest absolute Gasteiger partial charge is 0.335 e. The monoisotopic (exact) mass is 886 g/mol. The number of hydrogen-bond donors (Lipinski definition) is 1. The van der Waals surface area contributed by atoms with Crippen molar-refractivity contribution in [3.63, 3.8) is 0 Å². The highest BCUT2D eigenvalue weighted by Crippen LogP contribution is 2.39. The van der Waals surface area contributed by atoms with Gasteiger partial charge in [-0.2, -0.15) is 8.42 Å². The van der Waals surface area contributed by atoms with Gasteiger partial charge in [0, 0.05) is 55.2 Å². The first-order chi connectivity index (χ1) is 26.3. The Kier molecular flexibility index (Phi) is 15.7. The number of aromatic nitrogens is 6. The fourth-order valence-corrected chi connectivity index (χ4v) is 7.21. The van der Waals surface area contributed by atoms with E-state index in [1.165, 1.54) is 18.3 Å². The molecule has 0 aliphatic carbocycles. The lowest BCUT2D eigenvalue weighted by Gasteiger charge is -2.09. The summed E-state index contributed by atoms with van der Waals surface area (Å²) < 4.78 is 40.0. The van der Waals surface area contributed by atoms with E-state index in [-0.39, 0.29) is 22.9 Å². The number of nitrogens with one attached hydrogen (secondary N) is 1. The van der Waals surface area contributed by atoms with Crippen LogP contribution in [0.5, 0.6) is 0 Å². The molecule has 0 aliphatic heterocycles. The summed E-state index contributed by atoms with van der Waals surface area (Å²) in [7, 11) is 1.50. The van der Waals surface area contributed by atoms with E-state index in [2.05, 4.69) is 60.7 Å². The lowest BCUT2D eigenvalue weighted by molar-refractivity contribution is 0.609. The largest absolute Gasteiger partial charge is 0.358 e. The summed E-state index contributed by atoms with van der Waals surface area (Å²) in [4.78, 5) is 19.9. The van der Waals surface area contributed by atoms with Crippen molar-refractivity contribution in [2.24, 2.45) is 0 Å². The number of benzene rings is 4. The van der Waals surface area contributed by atoms with Crippen LogP contribution in [0, 0.1) is 13.8 Å². The number of rotatable bonds is 4. The van der Waals surface area contributed by atoms with Gasteiger partial charge < -0.3 is 9.55 Å². The van der Waals surface area contributed by atoms with Gasteiger partial charge in [-0.1, -0.05) is 103 Å². The molecule has 0 amide bonds. The quantitative estimate of drug-likeness (QED) is 0.136. The van der Waals surface area contributed by atoms with Gasteiger partial charge in [-0.3, -0.25) is 0 Å². The first-order valence-electron chi connectivity index (χ1n) is 15.9. The minimum Gasteiger partial charge on any atom is -0.358 e. The first-order valence-corrected chi connectivity index (χ1v) is 20.4. The molecule has 0 unspecified atom stereocenters. The van der Waals surface area contributed by atoms with E-state index in [9.17, 15) is 8.42 Å². The molecule has 0 radical (unpaired) electrons. The van der Waals surface area contributed by atoms with Crippen LogP contribution in [0.3, 0.4) is 0 Å². The van der Waals surface area contributed by atoms with E-state index < -0.39 is 20.6 Å². The Morgan fingerprint density at radius 1 is 0.643 bits per heavy atom. The Morgan fingerprint density at radius 3 is 1.64 bits per heavy atom. The van der Waals surface area contributed by atoms with Crippen molar-refractivity contribution in [3.05, 3.63) is 154 Å². The first kappa shape index (κ1) is 44.1. The van der Waals surface area contributed by atoms with Crippen molar-refractivity contribution in [1.29, 1.82) is 0 Å². The third-order valence-electron chi connectivity index (χ3n) is 7.95. The molecule has 0 saturated heterocycles. The molecule has 288 valence electrons. The minimum absolute atomic E-state index is 0. The Balaban J connectivity index is 0.000000192. The maximum atomic E-state index is 10.6. The summed E-state index contributed by atoms with van der Waals surface area (Å²) in [6.45, 7) is 4.05. The lowest BCUT2D eigenvalue weighted by Crippen LogP contribution is -1.97. The molecule has 0 bridgehead atoms. The molecule has 4 heterocycles. The standard InChI is InChI=1S/C19H13Cl2N3.C13H9Cl2N3.C6H5ClO2S.CH4.O2S/c1-12-17(18-15(20)11-22-19(21)23-18)14-9-5-6-10-16(14)24(12)13-7-3-2-4-8-13;1-7-11(8-4-2-3-5-10(8)17-7)12-9(14)6-16-13(15)18-12;7-10(8,9)6-4-2-1-3-5-6;;1-3-2/h2-11H,1H3;2-6,17H,1H3;1-5H;1H4;. The average molecular weight is 889 g/mol. The van der Waals surface area contributed by atoms with Crippen LogP contribution in [0.25, 0.3) is 50.0 Å². The van der Waals surface area contributed by atoms with Crippen LogP contribution >= 0.6 is 57.1 Å². The second-order valence-corrected chi connectivity index (χ2v) is 15.5. The molecular formula is C39H31Cl5N6O4S2. The van der Waals surface area contributed by atoms with Gasteiger partial charge in [0.25, 0.3) is 9.05 Å². The van der Waals surface area contributed by atoms with Crippen LogP contribution in [0.2, 0.25) is 20.6 Å². The molecule has 0 atom stereocenters. The number of halogens is 5. The highest BCUT2D eigenvalue weighted by Gasteiger charge is 2.20. The minimum atomic E-state index is -3.53. The Labute approximate surface area is 351 Å². The Hall–Kier alpha value is -4.66. The summed E-state index contributed by atoms with van der Waals surface area (Å²) in [6, 6.07) is 34.3. The number of H-pyrrole nitrogens is 1. The van der Waals surface area contributed by atoms with E-state index in [0.717, 1.165) is 50.0 Å². The number of para-hydroxylation sites is 3. The summed E-state index contributed by atoms with van der Waals surface area (Å²) >= 11 is 23.6. The van der Waals surface area contributed by atoms with Crippen molar-refractivity contribution in [3.8, 4) is 28.2 Å². The Morgan fingerprint density at radius 2 is 1.11 bits per heavy atom. The second-order valence-electron chi connectivity index (χ2n) is 11.3. The molecule has 4 aromatic carbocycles. The van der Waals surface area contributed by atoms with Crippen LogP contribution in [0.4, 0.5) is 0 Å². The van der Waals surface area contributed by atoms with Crippen LogP contribution in [-0.4, -0.2) is 46.3 Å². The van der Waals surface area contributed by atoms with Gasteiger partial charge in [0.1, 0.15) is 0 Å². The van der Waals surface area contributed by atoms with Crippen molar-refractivity contribution in [1.82, 2.24) is 29.5 Å². The fraction of sp³-hybridized carbons (Fsp3) is 0.0769. The third-order valence-corrected chi connectivity index (χ3v) is 10.2. The molecular weight excluding hydrogens is 858 g/mol. The van der Waals surface area contributed by atoms with Crippen molar-refractivity contribution in [2.45, 2.75) is 26.2 Å². The van der Waals surface area contributed by atoms with E-state index in [1.807, 2.05) is 61.5 Å². The summed E-state index contributed by atoms with van der Waals surface area (Å²) in [6.07, 6.45) is 3.06. The predicted molar refractivity (Wildman–Crippen MR) is 228 cm³/mol. The predicted octanol–water partition coefficient (Wildman–Crippen LogP) is 11.5. The molecule has 8 rings (SSSR count). The third kappa shape index (κ3) is 10.4. The van der Waals surface area contributed by atoms with Gasteiger partial charge in [0.05, 0.1) is 44.2 Å². The van der Waals surface area contributed by atoms with Gasteiger partial charge >= 0.3 is 11.6 Å². The molecule has 0 saturated carbocycles. The van der Waals surface area contributed by atoms with Gasteiger partial charge in [-0.25, -0.2) is 28.4 Å². The zero-order valence-electron chi connectivity index (χ0n) is 28.6. The van der Waals surface area contributed by atoms with Crippen LogP contribution < -0.4 is 0 Å². The van der Waals surface area contributed by atoms with Gasteiger partial charge in [-0.15, -0.1) is 0 Å². The second kappa shape index (κ2) is 20.0. The van der Waals surface area contributed by atoms with Crippen molar-refractivity contribution >= 4 is 99.5 Å². The van der Waals surface area contributed by atoms with Gasteiger partial charge in [-0.05, 0) is 73.4 Å². The normalized spacial score (nSPS) is 10.6. The number of hydrogen-bond acceptors (Lipinski definition) is 8. The van der Waals surface area contributed by atoms with Gasteiger partial charge in [0.15, 0.2) is 0 Å². The zero-order chi connectivity index (χ0) is 39.7. The highest BCUT2D eigenvalue weighted by atomic mass is 35.7. The molecule has 56 heavy (non-hydrogen) atoms. The van der Waals surface area contributed by atoms with Crippen molar-refractivity contribution in [2.75, 3.05) is 0 Å². The number of aryl methyl sites for hydroxylation is 1. The number of fused-ring (bicyclic) bond motifs is 2. The van der Waals surface area contributed by atoms with E-state index in [0.29, 0.717) is 21.4 Å². The molecule has 8 aromatic rings. The average Bonchev–Trinajstić information content (AvgIpc) is 3.67. The summed E-state index contributed by atoms with van der Waals surface area (Å²) in [5, 5.41) is 3.51. The fourth-order valence-electron chi connectivity index (χ4n) is 5.78. The van der Waals surface area contributed by atoms with E-state index in [4.69, 9.17) is 65.5 Å². The Bertz CT molecular complexity index is 2740. The molecule has 4 aromatic heterocycles. The van der Waals surface area contributed by atoms with Crippen LogP contribution in [0.1, 0.15) is 18.8 Å². The highest BCUT2D eigenvalue weighted by molar-refractivity contribution is 8.13. The maximum absolute atomic E-state index is 10.6. The van der Waals surface area contributed by atoms with E-state index in [1.54, 1.807) is 24.4 Å². The number of nitrogens with zero attached hydrogens (tertiary/aromatic N) is 5. The van der Waals surface area contributed by atoms with E-state index >= 15 is 0 Å². The summed E-state index contributed by atoms with van der Waals surface area (Å²) in [5.41, 5.74) is 8.56. The van der Waals surface area contributed by atoms with Crippen LogP contribution in [-0.2, 0) is 20.6 Å². The molecule has 0 aliphatic rings. The zero-order valence-corrected chi connectivity index (χ0v) is 34.0. The molecule has 0 fully saturated rings. The molecule has 10 nitrogen and oxygen atoms in total. The maximum Gasteiger partial charge on any atom is 0.335 e. The summed E-state index contributed by atoms with van der Waals surface area (Å²) in [5.74, 6) is 0. The SMILES string of the molecule is C.Cc1[nH]c2ccccc2c1-c1nc(Cl)ncc1Cl.Cc1c(-c2nc(Cl)ncc2Cl)c2ccccc2n1-c1ccccc1.O=S(=O)(Cl)c1ccccc1.O=S=O. The lowest BCUT2D eigenvalue weighted by atomic mass is 10.1. The van der Waals surface area contributed by atoms with Crippen LogP contribution in [0.15, 0.2) is 126 Å². The topological polar surface area (TPSA) is 141 Å². The van der Waals surface area contributed by atoms with Crippen molar-refractivity contribution < 1.29 is 16.8 Å². The molecule has 0 spiro atoms. The number of aromatic amines is 1. The molecule has 1 N–H and O–H groups in total. The molecule has 17 heteroatoms.